The standard InChI is InChI=1S/C10H8N4/c11-7-14-6-5-10(12)13-8-3-1-2-4-9(8)14/h1-6H,(H2,12,13). The zero-order chi connectivity index (χ0) is 9.97. The van der Waals surface area contributed by atoms with Crippen LogP contribution in [0.5, 0.6) is 0 Å². The lowest BCUT2D eigenvalue weighted by molar-refractivity contribution is 1.27. The molecule has 1 aliphatic heterocycles. The highest BCUT2D eigenvalue weighted by atomic mass is 15.1. The van der Waals surface area contributed by atoms with Gasteiger partial charge in [0, 0.05) is 6.20 Å². The topological polar surface area (TPSA) is 65.4 Å². The fourth-order valence-electron chi connectivity index (χ4n) is 1.26. The largest absolute Gasteiger partial charge is 0.384 e. The second-order valence-corrected chi connectivity index (χ2v) is 2.81. The quantitative estimate of drug-likeness (QED) is 0.621. The molecule has 4 heteroatoms. The summed E-state index contributed by atoms with van der Waals surface area (Å²) in [5, 5.41) is 8.88. The summed E-state index contributed by atoms with van der Waals surface area (Å²) in [6.45, 7) is 0. The van der Waals surface area contributed by atoms with E-state index in [1.165, 1.54) is 4.90 Å². The van der Waals surface area contributed by atoms with Crippen LogP contribution in [0.25, 0.3) is 0 Å². The molecule has 0 spiro atoms. The van der Waals surface area contributed by atoms with Crippen LogP contribution >= 0.6 is 0 Å². The molecule has 4 nitrogen and oxygen atoms in total. The number of aliphatic imine (C=N–C) groups is 1. The maximum Gasteiger partial charge on any atom is 0.188 e. The van der Waals surface area contributed by atoms with Crippen LogP contribution in [0.15, 0.2) is 41.5 Å². The Morgan fingerprint density at radius 1 is 1.36 bits per heavy atom. The van der Waals surface area contributed by atoms with Crippen LogP contribution in [0.4, 0.5) is 11.4 Å². The van der Waals surface area contributed by atoms with Crippen LogP contribution in [0.3, 0.4) is 0 Å². The summed E-state index contributed by atoms with van der Waals surface area (Å²) in [6.07, 6.45) is 5.24. The van der Waals surface area contributed by atoms with Crippen LogP contribution in [0, 0.1) is 11.5 Å². The highest BCUT2D eigenvalue weighted by Crippen LogP contribution is 2.29. The van der Waals surface area contributed by atoms with Gasteiger partial charge in [-0.15, -0.1) is 0 Å². The van der Waals surface area contributed by atoms with E-state index < -0.39 is 0 Å². The van der Waals surface area contributed by atoms with Crippen LogP contribution in [0.2, 0.25) is 0 Å². The number of hydrogen-bond acceptors (Lipinski definition) is 4. The second-order valence-electron chi connectivity index (χ2n) is 2.81. The average Bonchev–Trinajstić information content (AvgIpc) is 2.36. The molecule has 14 heavy (non-hydrogen) atoms. The predicted octanol–water partition coefficient (Wildman–Crippen LogP) is 1.49. The highest BCUT2D eigenvalue weighted by Gasteiger charge is 2.09. The number of amidine groups is 1. The zero-order valence-corrected chi connectivity index (χ0v) is 7.38. The van der Waals surface area contributed by atoms with Gasteiger partial charge in [0.1, 0.15) is 5.84 Å². The van der Waals surface area contributed by atoms with E-state index in [1.54, 1.807) is 12.3 Å². The van der Waals surface area contributed by atoms with Gasteiger partial charge in [-0.3, -0.25) is 4.90 Å². The maximum atomic E-state index is 8.88. The van der Waals surface area contributed by atoms with Crippen molar-refractivity contribution in [3.8, 4) is 6.19 Å². The Morgan fingerprint density at radius 2 is 2.14 bits per heavy atom. The molecule has 2 rings (SSSR count). The molecule has 0 atom stereocenters. The van der Waals surface area contributed by atoms with Crippen molar-refractivity contribution in [1.82, 2.24) is 0 Å². The number of anilines is 1. The number of fused-ring (bicyclic) bond motifs is 1. The number of benzene rings is 1. The first-order valence-electron chi connectivity index (χ1n) is 4.11. The van der Waals surface area contributed by atoms with E-state index in [0.717, 1.165) is 5.69 Å². The first-order chi connectivity index (χ1) is 6.81. The van der Waals surface area contributed by atoms with Crippen molar-refractivity contribution >= 4 is 17.2 Å². The summed E-state index contributed by atoms with van der Waals surface area (Å²) >= 11 is 0. The van der Waals surface area contributed by atoms with E-state index in [0.29, 0.717) is 11.5 Å². The molecule has 0 aromatic heterocycles. The summed E-state index contributed by atoms with van der Waals surface area (Å²) in [5.41, 5.74) is 7.04. The minimum Gasteiger partial charge on any atom is -0.384 e. The molecule has 2 N–H and O–H groups in total. The highest BCUT2D eigenvalue weighted by molar-refractivity contribution is 5.96. The van der Waals surface area contributed by atoms with Crippen molar-refractivity contribution in [1.29, 1.82) is 5.26 Å². The fraction of sp³-hybridized carbons (Fsp3) is 0. The third kappa shape index (κ3) is 1.31. The minimum atomic E-state index is 0.398. The zero-order valence-electron chi connectivity index (χ0n) is 7.38. The maximum absolute atomic E-state index is 8.88. The van der Waals surface area contributed by atoms with E-state index in [4.69, 9.17) is 11.0 Å². The lowest BCUT2D eigenvalue weighted by Gasteiger charge is -2.10. The van der Waals surface area contributed by atoms with Crippen molar-refractivity contribution in [3.63, 3.8) is 0 Å². The number of nitrogens with two attached hydrogens (primary N) is 1. The number of para-hydroxylation sites is 2. The van der Waals surface area contributed by atoms with Crippen LogP contribution < -0.4 is 10.6 Å². The average molecular weight is 184 g/mol. The third-order valence-electron chi connectivity index (χ3n) is 1.89. The summed E-state index contributed by atoms with van der Waals surface area (Å²) in [6, 6.07) is 7.36. The first-order valence-corrected chi connectivity index (χ1v) is 4.11. The second kappa shape index (κ2) is 3.23. The van der Waals surface area contributed by atoms with Gasteiger partial charge in [-0.25, -0.2) is 4.99 Å². The molecule has 0 amide bonds. The van der Waals surface area contributed by atoms with Gasteiger partial charge in [0.05, 0.1) is 11.4 Å². The summed E-state index contributed by atoms with van der Waals surface area (Å²) < 4.78 is 0. The number of rotatable bonds is 0. The Bertz CT molecular complexity index is 453. The van der Waals surface area contributed by atoms with Gasteiger partial charge in [-0.05, 0) is 18.2 Å². The Morgan fingerprint density at radius 3 is 2.93 bits per heavy atom. The van der Waals surface area contributed by atoms with Crippen molar-refractivity contribution in [2.45, 2.75) is 0 Å². The molecule has 1 heterocycles. The van der Waals surface area contributed by atoms with E-state index in [9.17, 15) is 0 Å². The van der Waals surface area contributed by atoms with Gasteiger partial charge in [-0.1, -0.05) is 12.1 Å². The molecular weight excluding hydrogens is 176 g/mol. The molecule has 0 aliphatic carbocycles. The molecule has 0 saturated carbocycles. The number of nitrogens with zero attached hydrogens (tertiary/aromatic N) is 3. The molecule has 1 aromatic rings. The Balaban J connectivity index is 2.61. The SMILES string of the molecule is N#CN1C=CC(N)=Nc2ccccc21. The third-order valence-corrected chi connectivity index (χ3v) is 1.89. The molecule has 68 valence electrons. The van der Waals surface area contributed by atoms with Crippen LogP contribution in [0.1, 0.15) is 0 Å². The smallest absolute Gasteiger partial charge is 0.188 e. The molecule has 0 radical (unpaired) electrons. The van der Waals surface area contributed by atoms with Crippen LogP contribution in [-0.2, 0) is 0 Å². The molecule has 1 aromatic carbocycles. The fourth-order valence-corrected chi connectivity index (χ4v) is 1.26. The van der Waals surface area contributed by atoms with Gasteiger partial charge in [-0.2, -0.15) is 5.26 Å². The van der Waals surface area contributed by atoms with E-state index >= 15 is 0 Å². The van der Waals surface area contributed by atoms with Gasteiger partial charge < -0.3 is 5.73 Å². The molecule has 0 unspecified atom stereocenters. The first kappa shape index (κ1) is 8.32. The monoisotopic (exact) mass is 184 g/mol. The van der Waals surface area contributed by atoms with Crippen molar-refractivity contribution in [3.05, 3.63) is 36.5 Å². The molecule has 0 fully saturated rings. The summed E-state index contributed by atoms with van der Waals surface area (Å²) in [5.74, 6) is 0.398. The molecule has 0 bridgehead atoms. The molecular formula is C10H8N4. The molecule has 0 saturated heterocycles. The van der Waals surface area contributed by atoms with E-state index in [1.807, 2.05) is 30.5 Å². The Hall–Kier alpha value is -2.28. The van der Waals surface area contributed by atoms with Gasteiger partial charge in [0.25, 0.3) is 0 Å². The number of hydrogen-bond donors (Lipinski definition) is 1. The summed E-state index contributed by atoms with van der Waals surface area (Å²) in [4.78, 5) is 5.58. The molecule has 1 aliphatic rings. The van der Waals surface area contributed by atoms with Gasteiger partial charge in [0.2, 0.25) is 0 Å². The number of nitriles is 1. The lowest BCUT2D eigenvalue weighted by Crippen LogP contribution is -2.08. The normalized spacial score (nSPS) is 13.9. The lowest BCUT2D eigenvalue weighted by atomic mass is 10.2. The predicted molar refractivity (Wildman–Crippen MR) is 55.0 cm³/mol. The van der Waals surface area contributed by atoms with E-state index in [2.05, 4.69) is 4.99 Å². The van der Waals surface area contributed by atoms with Crippen molar-refractivity contribution < 1.29 is 0 Å². The van der Waals surface area contributed by atoms with Gasteiger partial charge in [0.15, 0.2) is 6.19 Å². The Kier molecular flexibility index (Phi) is 1.92. The van der Waals surface area contributed by atoms with Crippen LogP contribution in [-0.4, -0.2) is 5.84 Å². The van der Waals surface area contributed by atoms with E-state index in [-0.39, 0.29) is 0 Å². The summed E-state index contributed by atoms with van der Waals surface area (Å²) in [7, 11) is 0. The van der Waals surface area contributed by atoms with Crippen molar-refractivity contribution in [2.24, 2.45) is 10.7 Å². The van der Waals surface area contributed by atoms with Gasteiger partial charge >= 0.3 is 0 Å². The van der Waals surface area contributed by atoms with Crippen molar-refractivity contribution in [2.75, 3.05) is 4.90 Å². The Labute approximate surface area is 81.6 Å². The minimum absolute atomic E-state index is 0.398.